The number of hydrogen-bond acceptors (Lipinski definition) is 4. The SMILES string of the molecule is CN(C)C(=O)c1ccc(S(=O)(=O)O)o1. The third-order valence-electron chi connectivity index (χ3n) is 1.45. The molecule has 0 fully saturated rings. The second kappa shape index (κ2) is 3.43. The van der Waals surface area contributed by atoms with Crippen LogP contribution < -0.4 is 0 Å². The number of furan rings is 1. The molecule has 1 N–H and O–H groups in total. The van der Waals surface area contributed by atoms with Crippen LogP contribution in [0.25, 0.3) is 0 Å². The van der Waals surface area contributed by atoms with Gasteiger partial charge in [0, 0.05) is 14.1 Å². The molecule has 1 rings (SSSR count). The van der Waals surface area contributed by atoms with Gasteiger partial charge in [-0.05, 0) is 12.1 Å². The first kappa shape index (κ1) is 10.7. The van der Waals surface area contributed by atoms with Crippen molar-refractivity contribution >= 4 is 16.0 Å². The van der Waals surface area contributed by atoms with E-state index in [0.717, 1.165) is 6.07 Å². The molecule has 1 heterocycles. The fourth-order valence-electron chi connectivity index (χ4n) is 0.794. The first-order valence-corrected chi connectivity index (χ1v) is 5.05. The number of nitrogens with zero attached hydrogens (tertiary/aromatic N) is 1. The van der Waals surface area contributed by atoms with E-state index in [-0.39, 0.29) is 5.76 Å². The highest BCUT2D eigenvalue weighted by molar-refractivity contribution is 7.85. The molecule has 1 amide bonds. The van der Waals surface area contributed by atoms with Gasteiger partial charge < -0.3 is 9.32 Å². The van der Waals surface area contributed by atoms with E-state index in [1.807, 2.05) is 0 Å². The standard InChI is InChI=1S/C7H9NO5S/c1-8(2)7(9)5-3-4-6(13-5)14(10,11)12/h3-4H,1-2H3,(H,10,11,12). The van der Waals surface area contributed by atoms with Crippen molar-refractivity contribution in [1.82, 2.24) is 4.90 Å². The minimum Gasteiger partial charge on any atom is -0.437 e. The molecule has 1 aromatic heterocycles. The summed E-state index contributed by atoms with van der Waals surface area (Å²) >= 11 is 0. The van der Waals surface area contributed by atoms with Crippen molar-refractivity contribution in [3.63, 3.8) is 0 Å². The Morgan fingerprint density at radius 2 is 2.00 bits per heavy atom. The quantitative estimate of drug-likeness (QED) is 0.719. The topological polar surface area (TPSA) is 87.8 Å². The Hall–Kier alpha value is -1.34. The van der Waals surface area contributed by atoms with Crippen molar-refractivity contribution in [1.29, 1.82) is 0 Å². The van der Waals surface area contributed by atoms with Crippen molar-refractivity contribution in [2.24, 2.45) is 0 Å². The number of hydrogen-bond donors (Lipinski definition) is 1. The molecule has 0 spiro atoms. The molecule has 0 aliphatic heterocycles. The molecule has 0 bridgehead atoms. The maximum atomic E-state index is 11.2. The van der Waals surface area contributed by atoms with Gasteiger partial charge in [0.05, 0.1) is 0 Å². The summed E-state index contributed by atoms with van der Waals surface area (Å²) in [5, 5.41) is -0.636. The van der Waals surface area contributed by atoms with Gasteiger partial charge in [-0.1, -0.05) is 0 Å². The predicted molar refractivity (Wildman–Crippen MR) is 46.5 cm³/mol. The van der Waals surface area contributed by atoms with E-state index >= 15 is 0 Å². The first-order valence-electron chi connectivity index (χ1n) is 3.61. The van der Waals surface area contributed by atoms with Crippen LogP contribution in [0.2, 0.25) is 0 Å². The van der Waals surface area contributed by atoms with Gasteiger partial charge in [-0.25, -0.2) is 0 Å². The van der Waals surface area contributed by atoms with E-state index in [1.165, 1.54) is 25.1 Å². The van der Waals surface area contributed by atoms with Crippen LogP contribution in [-0.4, -0.2) is 37.9 Å². The van der Waals surface area contributed by atoms with E-state index in [4.69, 9.17) is 4.55 Å². The van der Waals surface area contributed by atoms with Crippen LogP contribution in [0, 0.1) is 0 Å². The summed E-state index contributed by atoms with van der Waals surface area (Å²) in [5.74, 6) is -0.609. The van der Waals surface area contributed by atoms with Crippen molar-refractivity contribution in [3.8, 4) is 0 Å². The van der Waals surface area contributed by atoms with E-state index in [9.17, 15) is 13.2 Å². The van der Waals surface area contributed by atoms with Crippen LogP contribution >= 0.6 is 0 Å². The second-order valence-corrected chi connectivity index (χ2v) is 4.15. The molecule has 7 heteroatoms. The molecule has 0 saturated heterocycles. The molecule has 0 saturated carbocycles. The molecule has 1 aromatic rings. The summed E-state index contributed by atoms with van der Waals surface area (Å²) in [6, 6.07) is 2.21. The lowest BCUT2D eigenvalue weighted by molar-refractivity contribution is 0.0791. The van der Waals surface area contributed by atoms with E-state index < -0.39 is 21.1 Å². The normalized spacial score (nSPS) is 11.4. The lowest BCUT2D eigenvalue weighted by Crippen LogP contribution is -2.20. The second-order valence-electron chi connectivity index (χ2n) is 2.79. The van der Waals surface area contributed by atoms with Crippen molar-refractivity contribution in [2.45, 2.75) is 5.09 Å². The molecule has 0 unspecified atom stereocenters. The van der Waals surface area contributed by atoms with Crippen LogP contribution in [0.5, 0.6) is 0 Å². The van der Waals surface area contributed by atoms with Gasteiger partial charge in [0.2, 0.25) is 5.09 Å². The van der Waals surface area contributed by atoms with Crippen LogP contribution in [0.4, 0.5) is 0 Å². The molecule has 0 aliphatic carbocycles. The molecular weight excluding hydrogens is 210 g/mol. The van der Waals surface area contributed by atoms with Gasteiger partial charge >= 0.3 is 10.1 Å². The number of carbonyl (C=O) groups is 1. The fraction of sp³-hybridized carbons (Fsp3) is 0.286. The largest absolute Gasteiger partial charge is 0.437 e. The van der Waals surface area contributed by atoms with Crippen molar-refractivity contribution in [2.75, 3.05) is 14.1 Å². The molecule has 78 valence electrons. The highest BCUT2D eigenvalue weighted by atomic mass is 32.2. The summed E-state index contributed by atoms with van der Waals surface area (Å²) < 4.78 is 34.4. The van der Waals surface area contributed by atoms with E-state index in [0.29, 0.717) is 0 Å². The van der Waals surface area contributed by atoms with Gasteiger partial charge in [-0.15, -0.1) is 0 Å². The van der Waals surface area contributed by atoms with E-state index in [1.54, 1.807) is 0 Å². The Labute approximate surface area is 80.9 Å². The summed E-state index contributed by atoms with van der Waals surface area (Å²) in [5.41, 5.74) is 0. The minimum atomic E-state index is -4.38. The maximum Gasteiger partial charge on any atom is 0.328 e. The zero-order valence-corrected chi connectivity index (χ0v) is 8.41. The van der Waals surface area contributed by atoms with Crippen LogP contribution in [0.1, 0.15) is 10.6 Å². The smallest absolute Gasteiger partial charge is 0.328 e. The average molecular weight is 219 g/mol. The van der Waals surface area contributed by atoms with Gasteiger partial charge in [0.15, 0.2) is 5.76 Å². The van der Waals surface area contributed by atoms with Gasteiger partial charge in [-0.3, -0.25) is 9.35 Å². The molecule has 0 aliphatic rings. The summed E-state index contributed by atoms with van der Waals surface area (Å²) in [7, 11) is -1.38. The maximum absolute atomic E-state index is 11.2. The number of rotatable bonds is 2. The Morgan fingerprint density at radius 3 is 2.36 bits per heavy atom. The zero-order chi connectivity index (χ0) is 10.9. The summed E-state index contributed by atoms with van der Waals surface area (Å²) in [4.78, 5) is 12.5. The van der Waals surface area contributed by atoms with Crippen molar-refractivity contribution < 1.29 is 22.2 Å². The Balaban J connectivity index is 3.07. The number of carbonyl (C=O) groups excluding carboxylic acids is 1. The van der Waals surface area contributed by atoms with Crippen LogP contribution in [-0.2, 0) is 10.1 Å². The highest BCUT2D eigenvalue weighted by Gasteiger charge is 2.19. The molecular formula is C7H9NO5S. The van der Waals surface area contributed by atoms with Crippen molar-refractivity contribution in [3.05, 3.63) is 17.9 Å². The lowest BCUT2D eigenvalue weighted by atomic mass is 10.4. The average Bonchev–Trinajstić information content (AvgIpc) is 2.49. The third-order valence-corrected chi connectivity index (χ3v) is 2.18. The minimum absolute atomic E-state index is 0.136. The lowest BCUT2D eigenvalue weighted by Gasteiger charge is -2.06. The van der Waals surface area contributed by atoms with Gasteiger partial charge in [-0.2, -0.15) is 8.42 Å². The molecule has 6 nitrogen and oxygen atoms in total. The Kier molecular flexibility index (Phi) is 2.63. The van der Waals surface area contributed by atoms with Gasteiger partial charge in [0.25, 0.3) is 5.91 Å². The highest BCUT2D eigenvalue weighted by Crippen LogP contribution is 2.14. The monoisotopic (exact) mass is 219 g/mol. The Morgan fingerprint density at radius 1 is 1.43 bits per heavy atom. The zero-order valence-electron chi connectivity index (χ0n) is 7.59. The molecule has 0 aromatic carbocycles. The van der Waals surface area contributed by atoms with Crippen LogP contribution in [0.15, 0.2) is 21.6 Å². The number of amides is 1. The summed E-state index contributed by atoms with van der Waals surface area (Å²) in [6.45, 7) is 0. The summed E-state index contributed by atoms with van der Waals surface area (Å²) in [6.07, 6.45) is 0. The molecule has 14 heavy (non-hydrogen) atoms. The van der Waals surface area contributed by atoms with Crippen LogP contribution in [0.3, 0.4) is 0 Å². The fourth-order valence-corrected chi connectivity index (χ4v) is 1.23. The van der Waals surface area contributed by atoms with Gasteiger partial charge in [0.1, 0.15) is 0 Å². The first-order chi connectivity index (χ1) is 6.32. The molecule has 0 atom stereocenters. The third kappa shape index (κ3) is 2.12. The molecule has 0 radical (unpaired) electrons. The Bertz CT molecular complexity index is 444. The predicted octanol–water partition coefficient (Wildman–Crippen LogP) is 0.228. The van der Waals surface area contributed by atoms with E-state index in [2.05, 4.69) is 4.42 Å².